The van der Waals surface area contributed by atoms with Crippen LogP contribution in [0.3, 0.4) is 0 Å². The van der Waals surface area contributed by atoms with Gasteiger partial charge in [0.15, 0.2) is 0 Å². The standard InChI is InChI=1S/C15H23N4OP/c20-21-17-8-6-16(14-15-4-2-1-3-5-15)7-9-18(21)11-13-19(21)12-10-17/h1-5H,6-14H2. The van der Waals surface area contributed by atoms with Crippen molar-refractivity contribution in [2.24, 2.45) is 0 Å². The molecule has 0 aliphatic carbocycles. The van der Waals surface area contributed by atoms with E-state index < -0.39 is 7.59 Å². The molecule has 5 nitrogen and oxygen atoms in total. The summed E-state index contributed by atoms with van der Waals surface area (Å²) in [6.07, 6.45) is 0. The summed E-state index contributed by atoms with van der Waals surface area (Å²) in [5.74, 6) is 0. The molecule has 3 aliphatic rings. The minimum Gasteiger partial charge on any atom is -0.297 e. The van der Waals surface area contributed by atoms with Gasteiger partial charge < -0.3 is 0 Å². The molecule has 0 aromatic heterocycles. The Labute approximate surface area is 126 Å². The van der Waals surface area contributed by atoms with Crippen LogP contribution in [0.15, 0.2) is 30.3 Å². The van der Waals surface area contributed by atoms with E-state index in [1.807, 2.05) is 0 Å². The normalized spacial score (nSPS) is 27.4. The largest absolute Gasteiger partial charge is 0.297 e. The minimum absolute atomic E-state index is 0.928. The summed E-state index contributed by atoms with van der Waals surface area (Å²) in [7, 11) is -2.35. The SMILES string of the molecule is O=P12N3CCN(Cc4ccccc4)CCN1CCN2CC3. The first kappa shape index (κ1) is 13.9. The summed E-state index contributed by atoms with van der Waals surface area (Å²) < 4.78 is 20.0. The summed E-state index contributed by atoms with van der Waals surface area (Å²) >= 11 is 0. The fourth-order valence-electron chi connectivity index (χ4n) is 3.74. The molecule has 6 heteroatoms. The molecule has 0 saturated carbocycles. The molecule has 114 valence electrons. The van der Waals surface area contributed by atoms with E-state index in [1.54, 1.807) is 0 Å². The highest BCUT2D eigenvalue weighted by Crippen LogP contribution is 2.62. The van der Waals surface area contributed by atoms with Gasteiger partial charge >= 0.3 is 0 Å². The molecule has 3 heterocycles. The molecule has 0 bridgehead atoms. The van der Waals surface area contributed by atoms with E-state index in [9.17, 15) is 4.57 Å². The second-order valence-electron chi connectivity index (χ2n) is 6.14. The Morgan fingerprint density at radius 1 is 0.762 bits per heavy atom. The minimum atomic E-state index is -2.35. The van der Waals surface area contributed by atoms with Crippen molar-refractivity contribution >= 4 is 7.59 Å². The van der Waals surface area contributed by atoms with Gasteiger partial charge in [0, 0.05) is 58.9 Å². The van der Waals surface area contributed by atoms with Gasteiger partial charge in [0.05, 0.1) is 0 Å². The van der Waals surface area contributed by atoms with Gasteiger partial charge in [0.2, 0.25) is 0 Å². The number of hydrogen-bond acceptors (Lipinski definition) is 2. The van der Waals surface area contributed by atoms with E-state index in [-0.39, 0.29) is 0 Å². The molecule has 0 amide bonds. The number of benzene rings is 1. The lowest BCUT2D eigenvalue weighted by molar-refractivity contribution is 0.206. The Balaban J connectivity index is 1.49. The van der Waals surface area contributed by atoms with Crippen LogP contribution in [-0.4, -0.2) is 71.3 Å². The van der Waals surface area contributed by atoms with Gasteiger partial charge in [0.1, 0.15) is 0 Å². The third-order valence-electron chi connectivity index (χ3n) is 4.94. The fraction of sp³-hybridized carbons (Fsp3) is 0.600. The van der Waals surface area contributed by atoms with E-state index in [4.69, 9.17) is 0 Å². The highest BCUT2D eigenvalue weighted by molar-refractivity contribution is 7.57. The highest BCUT2D eigenvalue weighted by atomic mass is 31.2. The van der Waals surface area contributed by atoms with Gasteiger partial charge in [-0.1, -0.05) is 30.3 Å². The van der Waals surface area contributed by atoms with Gasteiger partial charge in [-0.2, -0.15) is 0 Å². The molecule has 0 radical (unpaired) electrons. The maximum Gasteiger partial charge on any atom is 0.287 e. The summed E-state index contributed by atoms with van der Waals surface area (Å²) in [6.45, 7) is 8.77. The van der Waals surface area contributed by atoms with Gasteiger partial charge in [0.25, 0.3) is 7.59 Å². The van der Waals surface area contributed by atoms with Crippen molar-refractivity contribution in [3.8, 4) is 0 Å². The zero-order chi connectivity index (χ0) is 14.3. The van der Waals surface area contributed by atoms with E-state index in [1.165, 1.54) is 5.56 Å². The first-order chi connectivity index (χ1) is 10.3. The Hall–Kier alpha value is -0.710. The molecule has 0 unspecified atom stereocenters. The maximum atomic E-state index is 13.3. The van der Waals surface area contributed by atoms with Crippen molar-refractivity contribution < 1.29 is 4.57 Å². The maximum absolute atomic E-state index is 13.3. The Bertz CT molecular complexity index is 528. The van der Waals surface area contributed by atoms with Crippen LogP contribution in [-0.2, 0) is 11.1 Å². The molecule has 3 aliphatic heterocycles. The van der Waals surface area contributed by atoms with E-state index in [0.29, 0.717) is 0 Å². The monoisotopic (exact) mass is 306 g/mol. The second-order valence-corrected chi connectivity index (χ2v) is 8.86. The number of nitrogens with zero attached hydrogens (tertiary/aromatic N) is 4. The van der Waals surface area contributed by atoms with Crippen LogP contribution < -0.4 is 0 Å². The van der Waals surface area contributed by atoms with Crippen LogP contribution in [0.5, 0.6) is 0 Å². The lowest BCUT2D eigenvalue weighted by Gasteiger charge is -2.37. The number of rotatable bonds is 2. The van der Waals surface area contributed by atoms with E-state index in [2.05, 4.69) is 49.2 Å². The number of hydrogen-bond donors (Lipinski definition) is 0. The predicted octanol–water partition coefficient (Wildman–Crippen LogP) is 1.54. The topological polar surface area (TPSA) is 30.0 Å². The molecule has 0 N–H and O–H groups in total. The molecule has 1 aromatic rings. The Morgan fingerprint density at radius 3 is 1.76 bits per heavy atom. The first-order valence-corrected chi connectivity index (χ1v) is 9.46. The first-order valence-electron chi connectivity index (χ1n) is 7.89. The summed E-state index contributed by atoms with van der Waals surface area (Å²) in [4.78, 5) is 2.50. The van der Waals surface area contributed by atoms with Crippen molar-refractivity contribution in [2.45, 2.75) is 6.54 Å². The fourth-order valence-corrected chi connectivity index (χ4v) is 6.91. The van der Waals surface area contributed by atoms with E-state index >= 15 is 0 Å². The van der Waals surface area contributed by atoms with Crippen LogP contribution in [0, 0.1) is 0 Å². The Morgan fingerprint density at radius 2 is 1.24 bits per heavy atom. The third kappa shape index (κ3) is 2.37. The van der Waals surface area contributed by atoms with Crippen LogP contribution in [0.25, 0.3) is 0 Å². The predicted molar refractivity (Wildman–Crippen MR) is 84.0 cm³/mol. The molecule has 3 saturated heterocycles. The lowest BCUT2D eigenvalue weighted by Crippen LogP contribution is -2.42. The summed E-state index contributed by atoms with van der Waals surface area (Å²) in [5, 5.41) is 0. The van der Waals surface area contributed by atoms with Crippen molar-refractivity contribution in [2.75, 3.05) is 52.4 Å². The quantitative estimate of drug-likeness (QED) is 0.774. The Kier molecular flexibility index (Phi) is 3.64. The van der Waals surface area contributed by atoms with Crippen LogP contribution in [0.2, 0.25) is 0 Å². The van der Waals surface area contributed by atoms with Gasteiger partial charge in [-0.15, -0.1) is 0 Å². The average Bonchev–Trinajstić information content (AvgIpc) is 2.95. The van der Waals surface area contributed by atoms with Crippen molar-refractivity contribution in [3.63, 3.8) is 0 Å². The van der Waals surface area contributed by atoms with Crippen molar-refractivity contribution in [1.29, 1.82) is 0 Å². The smallest absolute Gasteiger partial charge is 0.287 e. The van der Waals surface area contributed by atoms with Crippen LogP contribution in [0.1, 0.15) is 5.56 Å². The van der Waals surface area contributed by atoms with Crippen molar-refractivity contribution in [1.82, 2.24) is 18.9 Å². The van der Waals surface area contributed by atoms with Crippen LogP contribution >= 0.6 is 7.59 Å². The third-order valence-corrected chi connectivity index (χ3v) is 8.35. The zero-order valence-electron chi connectivity index (χ0n) is 12.4. The van der Waals surface area contributed by atoms with Crippen LogP contribution in [0.4, 0.5) is 0 Å². The van der Waals surface area contributed by atoms with Crippen molar-refractivity contribution in [3.05, 3.63) is 35.9 Å². The summed E-state index contributed by atoms with van der Waals surface area (Å²) in [6, 6.07) is 10.7. The molecular weight excluding hydrogens is 283 g/mol. The molecule has 0 spiro atoms. The molecule has 3 fully saturated rings. The molecule has 0 atom stereocenters. The molecular formula is C15H23N4OP. The lowest BCUT2D eigenvalue weighted by atomic mass is 10.2. The van der Waals surface area contributed by atoms with Gasteiger partial charge in [-0.3, -0.25) is 9.46 Å². The summed E-state index contributed by atoms with van der Waals surface area (Å²) in [5.41, 5.74) is 1.37. The highest BCUT2D eigenvalue weighted by Gasteiger charge is 2.51. The average molecular weight is 306 g/mol. The molecule has 4 rings (SSSR count). The van der Waals surface area contributed by atoms with E-state index in [0.717, 1.165) is 58.9 Å². The molecule has 1 aromatic carbocycles. The second kappa shape index (κ2) is 5.49. The zero-order valence-corrected chi connectivity index (χ0v) is 13.3. The molecule has 21 heavy (non-hydrogen) atoms. The van der Waals surface area contributed by atoms with Gasteiger partial charge in [-0.05, 0) is 5.56 Å². The van der Waals surface area contributed by atoms with Gasteiger partial charge in [-0.25, -0.2) is 14.0 Å².